The summed E-state index contributed by atoms with van der Waals surface area (Å²) in [7, 11) is 0. The minimum atomic E-state index is -0.467. The Morgan fingerprint density at radius 3 is 2.82 bits per heavy atom. The summed E-state index contributed by atoms with van der Waals surface area (Å²) in [5, 5.41) is 9.27. The van der Waals surface area contributed by atoms with Crippen LogP contribution in [-0.4, -0.2) is 26.2 Å². The Bertz CT molecular complexity index is 521. The van der Waals surface area contributed by atoms with Crippen molar-refractivity contribution in [2.45, 2.75) is 13.5 Å². The van der Waals surface area contributed by atoms with E-state index in [9.17, 15) is 4.79 Å². The van der Waals surface area contributed by atoms with Gasteiger partial charge in [-0.3, -0.25) is 14.8 Å². The molecular weight excluding hydrogens is 224 g/mol. The maximum Gasteiger partial charge on any atom is 0.277 e. The Labute approximate surface area is 96.2 Å². The fourth-order valence-electron chi connectivity index (χ4n) is 1.12. The number of nitrogen functional groups attached to an aromatic ring is 1. The molecule has 0 unspecified atom stereocenters. The normalized spacial score (nSPS) is 10.2. The summed E-state index contributed by atoms with van der Waals surface area (Å²) in [6.07, 6.45) is 3.20. The van der Waals surface area contributed by atoms with Gasteiger partial charge in [0, 0.05) is 6.20 Å². The van der Waals surface area contributed by atoms with Gasteiger partial charge in [0.15, 0.2) is 0 Å². The van der Waals surface area contributed by atoms with Crippen molar-refractivity contribution in [1.29, 1.82) is 0 Å². The van der Waals surface area contributed by atoms with Crippen LogP contribution < -0.4 is 11.1 Å². The molecule has 0 spiro atoms. The van der Waals surface area contributed by atoms with Crippen LogP contribution in [0, 0.1) is 6.92 Å². The van der Waals surface area contributed by atoms with Crippen molar-refractivity contribution in [3.8, 4) is 0 Å². The predicted octanol–water partition coefficient (Wildman–Crippen LogP) is -0.320. The Balaban J connectivity index is 1.97. The topological polar surface area (TPSA) is 120 Å². The van der Waals surface area contributed by atoms with Gasteiger partial charge in [0.1, 0.15) is 0 Å². The first-order valence-electron chi connectivity index (χ1n) is 4.80. The highest BCUT2D eigenvalue weighted by Crippen LogP contribution is 2.03. The maximum atomic E-state index is 11.6. The number of amides is 1. The minimum Gasteiger partial charge on any atom is -0.379 e. The number of nitrogens with zero attached hydrogens (tertiary/aromatic N) is 4. The number of rotatable bonds is 3. The molecule has 0 atom stereocenters. The molecule has 0 aliphatic heterocycles. The van der Waals surface area contributed by atoms with Gasteiger partial charge in [-0.15, -0.1) is 0 Å². The summed E-state index contributed by atoms with van der Waals surface area (Å²) in [5.41, 5.74) is 6.79. The molecule has 0 bridgehead atoms. The Kier molecular flexibility index (Phi) is 2.95. The number of nitrogens with one attached hydrogen (secondary N) is 1. The van der Waals surface area contributed by atoms with Crippen LogP contribution in [0.5, 0.6) is 0 Å². The zero-order valence-corrected chi connectivity index (χ0v) is 9.04. The summed E-state index contributed by atoms with van der Waals surface area (Å²) in [4.78, 5) is 19.7. The summed E-state index contributed by atoms with van der Waals surface area (Å²) >= 11 is 0. The first-order valence-corrected chi connectivity index (χ1v) is 4.80. The van der Waals surface area contributed by atoms with Crippen molar-refractivity contribution in [2.24, 2.45) is 0 Å². The van der Waals surface area contributed by atoms with E-state index in [0.717, 1.165) is 5.69 Å². The highest BCUT2D eigenvalue weighted by Gasteiger charge is 2.15. The van der Waals surface area contributed by atoms with Crippen molar-refractivity contribution in [2.75, 3.05) is 5.73 Å². The van der Waals surface area contributed by atoms with Crippen LogP contribution in [0.3, 0.4) is 0 Å². The summed E-state index contributed by atoms with van der Waals surface area (Å²) in [6, 6.07) is 0. The second-order valence-electron chi connectivity index (χ2n) is 3.33. The van der Waals surface area contributed by atoms with E-state index in [1.165, 1.54) is 0 Å². The Hall–Kier alpha value is -2.51. The second kappa shape index (κ2) is 4.56. The van der Waals surface area contributed by atoms with Gasteiger partial charge in [0.25, 0.3) is 5.91 Å². The molecular formula is C9H10N6O2. The third-order valence-electron chi connectivity index (χ3n) is 1.99. The zero-order valence-electron chi connectivity index (χ0n) is 9.04. The molecule has 8 heteroatoms. The Morgan fingerprint density at radius 1 is 1.41 bits per heavy atom. The van der Waals surface area contributed by atoms with Gasteiger partial charge in [-0.2, -0.15) is 0 Å². The van der Waals surface area contributed by atoms with Gasteiger partial charge in [-0.1, -0.05) is 0 Å². The molecule has 1 amide bonds. The highest BCUT2D eigenvalue weighted by atomic mass is 16.6. The van der Waals surface area contributed by atoms with Crippen molar-refractivity contribution >= 4 is 11.7 Å². The lowest BCUT2D eigenvalue weighted by Gasteiger charge is -2.02. The molecule has 88 valence electrons. The molecule has 0 aliphatic rings. The number of aromatic nitrogens is 4. The number of aryl methyl sites for hydroxylation is 1. The van der Waals surface area contributed by atoms with Gasteiger partial charge in [0.2, 0.25) is 11.5 Å². The molecule has 0 saturated carbocycles. The number of hydrogen-bond acceptors (Lipinski definition) is 7. The molecule has 0 fully saturated rings. The number of carbonyl (C=O) groups excluding carboxylic acids is 1. The SMILES string of the molecule is Cc1cnc(CNC(=O)c2nonc2N)cn1. The fraction of sp³-hybridized carbons (Fsp3) is 0.222. The molecule has 2 heterocycles. The van der Waals surface area contributed by atoms with E-state index in [2.05, 4.69) is 30.2 Å². The molecule has 0 saturated heterocycles. The number of nitrogens with two attached hydrogens (primary N) is 1. The Morgan fingerprint density at radius 2 is 2.24 bits per heavy atom. The molecule has 0 aliphatic carbocycles. The van der Waals surface area contributed by atoms with Gasteiger partial charge >= 0.3 is 0 Å². The molecule has 2 aromatic heterocycles. The van der Waals surface area contributed by atoms with E-state index in [1.807, 2.05) is 6.92 Å². The quantitative estimate of drug-likeness (QED) is 0.746. The average Bonchev–Trinajstić information content (AvgIpc) is 2.74. The van der Waals surface area contributed by atoms with E-state index in [-0.39, 0.29) is 18.1 Å². The van der Waals surface area contributed by atoms with Gasteiger partial charge in [-0.05, 0) is 17.2 Å². The van der Waals surface area contributed by atoms with Gasteiger partial charge < -0.3 is 11.1 Å². The highest BCUT2D eigenvalue weighted by molar-refractivity contribution is 5.95. The van der Waals surface area contributed by atoms with Crippen molar-refractivity contribution in [1.82, 2.24) is 25.6 Å². The third kappa shape index (κ3) is 2.54. The lowest BCUT2D eigenvalue weighted by Crippen LogP contribution is -2.24. The molecule has 3 N–H and O–H groups in total. The van der Waals surface area contributed by atoms with E-state index in [4.69, 9.17) is 5.73 Å². The summed E-state index contributed by atoms with van der Waals surface area (Å²) < 4.78 is 4.32. The monoisotopic (exact) mass is 234 g/mol. The maximum absolute atomic E-state index is 11.6. The van der Waals surface area contributed by atoms with Crippen LogP contribution >= 0.6 is 0 Å². The molecule has 2 aromatic rings. The van der Waals surface area contributed by atoms with Crippen molar-refractivity contribution in [3.05, 3.63) is 29.5 Å². The second-order valence-corrected chi connectivity index (χ2v) is 3.33. The lowest BCUT2D eigenvalue weighted by atomic mass is 10.3. The number of anilines is 1. The number of hydrogen-bond donors (Lipinski definition) is 2. The molecule has 0 aromatic carbocycles. The fourth-order valence-corrected chi connectivity index (χ4v) is 1.12. The average molecular weight is 234 g/mol. The molecule has 2 rings (SSSR count). The van der Waals surface area contributed by atoms with E-state index >= 15 is 0 Å². The van der Waals surface area contributed by atoms with Crippen LogP contribution in [-0.2, 0) is 6.54 Å². The van der Waals surface area contributed by atoms with E-state index < -0.39 is 5.91 Å². The largest absolute Gasteiger partial charge is 0.379 e. The molecule has 8 nitrogen and oxygen atoms in total. The first kappa shape index (κ1) is 11.0. The van der Waals surface area contributed by atoms with Crippen LogP contribution in [0.4, 0.5) is 5.82 Å². The van der Waals surface area contributed by atoms with Crippen molar-refractivity contribution < 1.29 is 9.42 Å². The van der Waals surface area contributed by atoms with Crippen LogP contribution in [0.2, 0.25) is 0 Å². The standard InChI is InChI=1S/C9H10N6O2/c1-5-2-12-6(3-11-5)4-13-9(16)7-8(10)15-17-14-7/h2-3H,4H2,1H3,(H2,10,15)(H,13,16). The summed E-state index contributed by atoms with van der Waals surface area (Å²) in [5.74, 6) is -0.511. The molecule has 17 heavy (non-hydrogen) atoms. The summed E-state index contributed by atoms with van der Waals surface area (Å²) in [6.45, 7) is 2.07. The van der Waals surface area contributed by atoms with Gasteiger partial charge in [-0.25, -0.2) is 4.63 Å². The lowest BCUT2D eigenvalue weighted by molar-refractivity contribution is 0.0941. The predicted molar refractivity (Wildman–Crippen MR) is 56.6 cm³/mol. The number of carbonyl (C=O) groups is 1. The van der Waals surface area contributed by atoms with E-state index in [0.29, 0.717) is 5.69 Å². The van der Waals surface area contributed by atoms with Gasteiger partial charge in [0.05, 0.1) is 24.1 Å². The van der Waals surface area contributed by atoms with Crippen LogP contribution in [0.25, 0.3) is 0 Å². The third-order valence-corrected chi connectivity index (χ3v) is 1.99. The van der Waals surface area contributed by atoms with Crippen LogP contribution in [0.15, 0.2) is 17.0 Å². The van der Waals surface area contributed by atoms with Crippen LogP contribution in [0.1, 0.15) is 21.9 Å². The minimum absolute atomic E-state index is 0.0370. The zero-order chi connectivity index (χ0) is 12.3. The molecule has 0 radical (unpaired) electrons. The van der Waals surface area contributed by atoms with E-state index in [1.54, 1.807) is 12.4 Å². The first-order chi connectivity index (χ1) is 8.16. The van der Waals surface area contributed by atoms with Crippen molar-refractivity contribution in [3.63, 3.8) is 0 Å². The smallest absolute Gasteiger partial charge is 0.277 e.